The van der Waals surface area contributed by atoms with Crippen molar-refractivity contribution in [1.82, 2.24) is 0 Å². The Kier molecular flexibility index (Phi) is 6.01. The molecule has 4 aromatic carbocycles. The van der Waals surface area contributed by atoms with Gasteiger partial charge in [0.25, 0.3) is 0 Å². The summed E-state index contributed by atoms with van der Waals surface area (Å²) in [5.41, 5.74) is 7.58. The summed E-state index contributed by atoms with van der Waals surface area (Å²) in [6, 6.07) is 39.3. The van der Waals surface area contributed by atoms with Crippen molar-refractivity contribution in [2.45, 2.75) is 0 Å². The molecule has 0 spiro atoms. The predicted molar refractivity (Wildman–Crippen MR) is 129 cm³/mol. The van der Waals surface area contributed by atoms with Gasteiger partial charge in [-0.25, -0.2) is 0 Å². The van der Waals surface area contributed by atoms with E-state index < -0.39 is 0 Å². The van der Waals surface area contributed by atoms with Gasteiger partial charge >= 0.3 is 0 Å². The highest BCUT2D eigenvalue weighted by Crippen LogP contribution is 2.36. The van der Waals surface area contributed by atoms with E-state index in [-0.39, 0.29) is 3.79 Å². The van der Waals surface area contributed by atoms with Crippen molar-refractivity contribution in [3.05, 3.63) is 143 Å². The van der Waals surface area contributed by atoms with Crippen molar-refractivity contribution in [2.75, 3.05) is 0 Å². The minimum atomic E-state index is 0.0470. The van der Waals surface area contributed by atoms with Gasteiger partial charge in [0.15, 0.2) is 0 Å². The Morgan fingerprint density at radius 1 is 0.414 bits per heavy atom. The molecule has 0 aliphatic carbocycles. The summed E-state index contributed by atoms with van der Waals surface area (Å²) < 4.78 is 0.0470. The van der Waals surface area contributed by atoms with Crippen molar-refractivity contribution < 1.29 is 4.79 Å². The van der Waals surface area contributed by atoms with Crippen LogP contribution in [-0.4, -0.2) is 3.79 Å². The zero-order valence-electron chi connectivity index (χ0n) is 15.8. The lowest BCUT2D eigenvalue weighted by molar-refractivity contribution is 0.110. The van der Waals surface area contributed by atoms with Crippen LogP contribution in [-0.2, 0) is 0 Å². The van der Waals surface area contributed by atoms with E-state index in [4.69, 9.17) is 0 Å². The van der Waals surface area contributed by atoms with Crippen LogP contribution in [0.4, 0.5) is 0 Å². The minimum Gasteiger partial charge on any atom is -0.282 e. The van der Waals surface area contributed by atoms with Gasteiger partial charge < -0.3 is 0 Å². The number of hydrogen-bond acceptors (Lipinski definition) is 1. The van der Waals surface area contributed by atoms with Gasteiger partial charge in [0.05, 0.1) is 0 Å². The average molecular weight is 486 g/mol. The monoisotopic (exact) mass is 486 g/mol. The molecule has 2 heteroatoms. The third-order valence-corrected chi connectivity index (χ3v) is 5.46. The van der Waals surface area contributed by atoms with Gasteiger partial charge in [-0.1, -0.05) is 103 Å². The van der Waals surface area contributed by atoms with E-state index in [1.54, 1.807) is 0 Å². The quantitative estimate of drug-likeness (QED) is 0.165. The standard InChI is InChI=1S/C27H19IO/c28-27(29)24-18-16-23(17-19-24)26(22-14-8-3-9-15-22)25(20-10-4-1-5-11-20)21-12-6-2-7-13-21/h1-19H. The minimum absolute atomic E-state index is 0.0470. The lowest BCUT2D eigenvalue weighted by Crippen LogP contribution is -1.98. The van der Waals surface area contributed by atoms with E-state index in [2.05, 4.69) is 72.8 Å². The molecule has 0 aliphatic heterocycles. The first kappa shape index (κ1) is 19.3. The smallest absolute Gasteiger partial charge is 0.222 e. The first-order chi connectivity index (χ1) is 14.2. The lowest BCUT2D eigenvalue weighted by atomic mass is 9.85. The summed E-state index contributed by atoms with van der Waals surface area (Å²) in [4.78, 5) is 11.7. The number of carbonyl (C=O) groups is 1. The first-order valence-electron chi connectivity index (χ1n) is 9.45. The molecule has 0 fully saturated rings. The Balaban J connectivity index is 2.05. The Labute approximate surface area is 184 Å². The molecule has 4 aromatic rings. The predicted octanol–water partition coefficient (Wildman–Crippen LogP) is 7.27. The van der Waals surface area contributed by atoms with Crippen molar-refractivity contribution in [3.8, 4) is 0 Å². The Morgan fingerprint density at radius 3 is 1.00 bits per heavy atom. The fourth-order valence-electron chi connectivity index (χ4n) is 3.49. The molecule has 29 heavy (non-hydrogen) atoms. The van der Waals surface area contributed by atoms with Gasteiger partial charge in [0.1, 0.15) is 0 Å². The largest absolute Gasteiger partial charge is 0.282 e. The van der Waals surface area contributed by atoms with Crippen LogP contribution in [0.1, 0.15) is 32.6 Å². The van der Waals surface area contributed by atoms with Crippen molar-refractivity contribution in [2.24, 2.45) is 0 Å². The average Bonchev–Trinajstić information content (AvgIpc) is 2.79. The molecular weight excluding hydrogens is 467 g/mol. The maximum Gasteiger partial charge on any atom is 0.222 e. The molecule has 0 atom stereocenters. The summed E-state index contributed by atoms with van der Waals surface area (Å²) in [6.07, 6.45) is 0. The Bertz CT molecular complexity index is 1090. The zero-order chi connectivity index (χ0) is 20.1. The summed E-state index contributed by atoms with van der Waals surface area (Å²) in [7, 11) is 0. The van der Waals surface area contributed by atoms with E-state index in [9.17, 15) is 4.79 Å². The van der Waals surface area contributed by atoms with Crippen LogP contribution in [0, 0.1) is 0 Å². The highest BCUT2D eigenvalue weighted by Gasteiger charge is 2.16. The van der Waals surface area contributed by atoms with Crippen LogP contribution < -0.4 is 0 Å². The van der Waals surface area contributed by atoms with Crippen LogP contribution in [0.25, 0.3) is 11.1 Å². The van der Waals surface area contributed by atoms with Gasteiger partial charge in [-0.2, -0.15) is 0 Å². The molecule has 0 aliphatic rings. The molecule has 0 heterocycles. The molecule has 140 valence electrons. The maximum absolute atomic E-state index is 11.7. The Hall–Kier alpha value is -2.98. The van der Waals surface area contributed by atoms with Crippen LogP contribution in [0.2, 0.25) is 0 Å². The van der Waals surface area contributed by atoms with Crippen LogP contribution in [0.15, 0.2) is 115 Å². The van der Waals surface area contributed by atoms with Crippen molar-refractivity contribution in [1.29, 1.82) is 0 Å². The molecule has 0 N–H and O–H groups in total. The number of halogens is 1. The summed E-state index contributed by atoms with van der Waals surface area (Å²) in [5, 5.41) is 0. The van der Waals surface area contributed by atoms with E-state index in [1.807, 2.05) is 65.1 Å². The highest BCUT2D eigenvalue weighted by molar-refractivity contribution is 14.1. The fraction of sp³-hybridized carbons (Fsp3) is 0. The van der Waals surface area contributed by atoms with Gasteiger partial charge in [-0.3, -0.25) is 4.79 Å². The van der Waals surface area contributed by atoms with Crippen molar-refractivity contribution >= 4 is 37.5 Å². The third kappa shape index (κ3) is 4.38. The molecule has 0 amide bonds. The summed E-state index contributed by atoms with van der Waals surface area (Å²) in [5.74, 6) is 0. The van der Waals surface area contributed by atoms with Gasteiger partial charge in [0, 0.05) is 28.2 Å². The Morgan fingerprint density at radius 2 is 0.690 bits per heavy atom. The molecule has 0 aromatic heterocycles. The van der Waals surface area contributed by atoms with E-state index in [0.29, 0.717) is 5.56 Å². The summed E-state index contributed by atoms with van der Waals surface area (Å²) >= 11 is 1.83. The molecule has 0 saturated heterocycles. The van der Waals surface area contributed by atoms with Gasteiger partial charge in [0.2, 0.25) is 3.79 Å². The maximum atomic E-state index is 11.7. The molecular formula is C27H19IO. The third-order valence-electron chi connectivity index (χ3n) is 4.84. The van der Waals surface area contributed by atoms with Crippen LogP contribution in [0.5, 0.6) is 0 Å². The second-order valence-corrected chi connectivity index (χ2v) is 7.68. The second kappa shape index (κ2) is 9.01. The summed E-state index contributed by atoms with van der Waals surface area (Å²) in [6.45, 7) is 0. The topological polar surface area (TPSA) is 17.1 Å². The van der Waals surface area contributed by atoms with E-state index in [1.165, 1.54) is 5.57 Å². The number of hydrogen-bond donors (Lipinski definition) is 0. The molecule has 0 unspecified atom stereocenters. The fourth-order valence-corrected chi connectivity index (χ4v) is 3.85. The van der Waals surface area contributed by atoms with Crippen LogP contribution >= 0.6 is 22.6 Å². The molecule has 1 nitrogen and oxygen atoms in total. The van der Waals surface area contributed by atoms with Crippen molar-refractivity contribution in [3.63, 3.8) is 0 Å². The van der Waals surface area contributed by atoms with Gasteiger partial charge in [-0.15, -0.1) is 0 Å². The zero-order valence-corrected chi connectivity index (χ0v) is 17.9. The number of carbonyl (C=O) groups excluding carboxylic acids is 1. The highest BCUT2D eigenvalue weighted by atomic mass is 127. The van der Waals surface area contributed by atoms with E-state index >= 15 is 0 Å². The number of rotatable bonds is 5. The molecule has 4 rings (SSSR count). The van der Waals surface area contributed by atoms with Crippen LogP contribution in [0.3, 0.4) is 0 Å². The molecule has 0 bridgehead atoms. The molecule has 0 radical (unpaired) electrons. The number of benzene rings is 4. The second-order valence-electron chi connectivity index (χ2n) is 6.70. The SMILES string of the molecule is O=C(I)c1ccc(C(=C(c2ccccc2)c2ccccc2)c2ccccc2)cc1. The lowest BCUT2D eigenvalue weighted by Gasteiger charge is -2.18. The first-order valence-corrected chi connectivity index (χ1v) is 10.5. The normalized spacial score (nSPS) is 10.4. The van der Waals surface area contributed by atoms with E-state index in [0.717, 1.165) is 27.8 Å². The van der Waals surface area contributed by atoms with Gasteiger partial charge in [-0.05, 0) is 45.5 Å². The molecule has 0 saturated carbocycles.